The number of rotatable bonds is 5. The Hall–Kier alpha value is -1.51. The maximum absolute atomic E-state index is 11.8. The highest BCUT2D eigenvalue weighted by molar-refractivity contribution is 5.75. The van der Waals surface area contributed by atoms with E-state index in [0.717, 1.165) is 43.4 Å². The van der Waals surface area contributed by atoms with Gasteiger partial charge in [-0.3, -0.25) is 4.79 Å². The number of methoxy groups -OCH3 is 1. The molecule has 1 saturated carbocycles. The Labute approximate surface area is 121 Å². The minimum absolute atomic E-state index is 0.569. The molecular formula is C17H24O3. The van der Waals surface area contributed by atoms with Crippen molar-refractivity contribution in [2.75, 3.05) is 7.11 Å². The molecular weight excluding hydrogens is 252 g/mol. The number of carboxylic acid groups (broad SMARTS) is 1. The fraction of sp³-hybridized carbons (Fsp3) is 0.588. The van der Waals surface area contributed by atoms with Crippen molar-refractivity contribution < 1.29 is 14.6 Å². The monoisotopic (exact) mass is 276 g/mol. The summed E-state index contributed by atoms with van der Waals surface area (Å²) in [6.07, 6.45) is 5.47. The van der Waals surface area contributed by atoms with Crippen LogP contribution in [-0.2, 0) is 11.2 Å². The molecule has 0 aromatic heterocycles. The molecule has 0 radical (unpaired) electrons. The standard InChI is InChI=1S/C17H24O3/c1-3-13-8-10-17(11-9-13,16(18)19)12-14-4-6-15(20-2)7-5-14/h4-7,13H,3,8-12H2,1-2H3,(H,18,19). The van der Waals surface area contributed by atoms with Crippen molar-refractivity contribution in [3.05, 3.63) is 29.8 Å². The third kappa shape index (κ3) is 3.14. The first kappa shape index (κ1) is 14.9. The highest BCUT2D eigenvalue weighted by Crippen LogP contribution is 2.42. The summed E-state index contributed by atoms with van der Waals surface area (Å²) in [5.74, 6) is 0.883. The van der Waals surface area contributed by atoms with Crippen LogP contribution < -0.4 is 4.74 Å². The van der Waals surface area contributed by atoms with E-state index in [1.165, 1.54) is 0 Å². The summed E-state index contributed by atoms with van der Waals surface area (Å²) in [6, 6.07) is 7.77. The Balaban J connectivity index is 2.11. The molecule has 1 aliphatic carbocycles. The van der Waals surface area contributed by atoms with Crippen molar-refractivity contribution in [3.63, 3.8) is 0 Å². The zero-order valence-corrected chi connectivity index (χ0v) is 12.4. The molecule has 0 unspecified atom stereocenters. The number of hydrogen-bond donors (Lipinski definition) is 1. The van der Waals surface area contributed by atoms with E-state index in [0.29, 0.717) is 12.3 Å². The minimum Gasteiger partial charge on any atom is -0.497 e. The highest BCUT2D eigenvalue weighted by atomic mass is 16.5. The third-order valence-electron chi connectivity index (χ3n) is 4.79. The van der Waals surface area contributed by atoms with Gasteiger partial charge < -0.3 is 9.84 Å². The molecule has 2 rings (SSSR count). The van der Waals surface area contributed by atoms with Crippen LogP contribution in [0.1, 0.15) is 44.6 Å². The molecule has 0 saturated heterocycles. The number of aliphatic carboxylic acids is 1. The molecule has 0 atom stereocenters. The molecule has 1 aliphatic rings. The zero-order chi connectivity index (χ0) is 14.6. The van der Waals surface area contributed by atoms with E-state index in [2.05, 4.69) is 6.92 Å². The number of hydrogen-bond acceptors (Lipinski definition) is 2. The molecule has 0 heterocycles. The molecule has 0 spiro atoms. The lowest BCUT2D eigenvalue weighted by atomic mass is 9.67. The van der Waals surface area contributed by atoms with Gasteiger partial charge in [-0.05, 0) is 55.7 Å². The van der Waals surface area contributed by atoms with Crippen LogP contribution in [0.5, 0.6) is 5.75 Å². The zero-order valence-electron chi connectivity index (χ0n) is 12.4. The smallest absolute Gasteiger partial charge is 0.309 e. The molecule has 3 nitrogen and oxygen atoms in total. The van der Waals surface area contributed by atoms with Crippen LogP contribution in [0.3, 0.4) is 0 Å². The first-order valence-electron chi connectivity index (χ1n) is 7.46. The number of benzene rings is 1. The van der Waals surface area contributed by atoms with Gasteiger partial charge in [-0.2, -0.15) is 0 Å². The van der Waals surface area contributed by atoms with Crippen LogP contribution in [-0.4, -0.2) is 18.2 Å². The lowest BCUT2D eigenvalue weighted by Gasteiger charge is -2.36. The Morgan fingerprint density at radius 3 is 2.35 bits per heavy atom. The van der Waals surface area contributed by atoms with Gasteiger partial charge in [0.1, 0.15) is 5.75 Å². The minimum atomic E-state index is -0.636. The van der Waals surface area contributed by atoms with Gasteiger partial charge in [-0.25, -0.2) is 0 Å². The molecule has 1 fully saturated rings. The predicted molar refractivity (Wildman–Crippen MR) is 79.0 cm³/mol. The van der Waals surface area contributed by atoms with Gasteiger partial charge in [0.25, 0.3) is 0 Å². The van der Waals surface area contributed by atoms with E-state index >= 15 is 0 Å². The SMILES string of the molecule is CCC1CCC(Cc2ccc(OC)cc2)(C(=O)O)CC1. The van der Waals surface area contributed by atoms with Crippen molar-refractivity contribution in [2.24, 2.45) is 11.3 Å². The summed E-state index contributed by atoms with van der Waals surface area (Å²) in [6.45, 7) is 2.20. The largest absolute Gasteiger partial charge is 0.497 e. The first-order chi connectivity index (χ1) is 9.59. The van der Waals surface area contributed by atoms with E-state index in [9.17, 15) is 9.90 Å². The average Bonchev–Trinajstić information content (AvgIpc) is 2.48. The van der Waals surface area contributed by atoms with Crippen molar-refractivity contribution in [1.29, 1.82) is 0 Å². The summed E-state index contributed by atoms with van der Waals surface area (Å²) in [5.41, 5.74) is 0.517. The van der Waals surface area contributed by atoms with Crippen LogP contribution in [0.25, 0.3) is 0 Å². The Morgan fingerprint density at radius 2 is 1.90 bits per heavy atom. The average molecular weight is 276 g/mol. The summed E-state index contributed by atoms with van der Waals surface area (Å²) in [5, 5.41) is 9.69. The maximum Gasteiger partial charge on any atom is 0.309 e. The normalized spacial score (nSPS) is 26.2. The van der Waals surface area contributed by atoms with Gasteiger partial charge in [0.15, 0.2) is 0 Å². The van der Waals surface area contributed by atoms with E-state index in [1.54, 1.807) is 7.11 Å². The molecule has 1 N–H and O–H groups in total. The molecule has 0 amide bonds. The van der Waals surface area contributed by atoms with E-state index < -0.39 is 11.4 Å². The molecule has 0 bridgehead atoms. The second kappa shape index (κ2) is 6.29. The second-order valence-electron chi connectivity index (χ2n) is 5.96. The van der Waals surface area contributed by atoms with Crippen molar-refractivity contribution in [2.45, 2.75) is 45.4 Å². The van der Waals surface area contributed by atoms with Gasteiger partial charge in [-0.15, -0.1) is 0 Å². The third-order valence-corrected chi connectivity index (χ3v) is 4.79. The van der Waals surface area contributed by atoms with Crippen molar-refractivity contribution >= 4 is 5.97 Å². The molecule has 0 aliphatic heterocycles. The van der Waals surface area contributed by atoms with Gasteiger partial charge in [0, 0.05) is 0 Å². The lowest BCUT2D eigenvalue weighted by Crippen LogP contribution is -2.37. The summed E-state index contributed by atoms with van der Waals surface area (Å²) in [4.78, 5) is 11.8. The molecule has 110 valence electrons. The predicted octanol–water partition coefficient (Wildman–Crippen LogP) is 3.91. The van der Waals surface area contributed by atoms with Crippen LogP contribution in [0.15, 0.2) is 24.3 Å². The number of ether oxygens (including phenoxy) is 1. The molecule has 3 heteroatoms. The summed E-state index contributed by atoms with van der Waals surface area (Å²) in [7, 11) is 1.64. The quantitative estimate of drug-likeness (QED) is 0.887. The molecule has 1 aromatic carbocycles. The van der Waals surface area contributed by atoms with Gasteiger partial charge in [0.2, 0.25) is 0 Å². The van der Waals surface area contributed by atoms with Crippen molar-refractivity contribution in [1.82, 2.24) is 0 Å². The van der Waals surface area contributed by atoms with E-state index in [1.807, 2.05) is 24.3 Å². The van der Waals surface area contributed by atoms with Crippen LogP contribution in [0.2, 0.25) is 0 Å². The van der Waals surface area contributed by atoms with Gasteiger partial charge >= 0.3 is 5.97 Å². The Kier molecular flexibility index (Phi) is 4.69. The first-order valence-corrected chi connectivity index (χ1v) is 7.46. The molecule has 20 heavy (non-hydrogen) atoms. The van der Waals surface area contributed by atoms with Crippen LogP contribution >= 0.6 is 0 Å². The van der Waals surface area contributed by atoms with Gasteiger partial charge in [-0.1, -0.05) is 25.5 Å². The fourth-order valence-electron chi connectivity index (χ4n) is 3.24. The fourth-order valence-corrected chi connectivity index (χ4v) is 3.24. The van der Waals surface area contributed by atoms with Crippen LogP contribution in [0.4, 0.5) is 0 Å². The maximum atomic E-state index is 11.8. The Bertz CT molecular complexity index is 442. The highest BCUT2D eigenvalue weighted by Gasteiger charge is 2.41. The van der Waals surface area contributed by atoms with E-state index in [4.69, 9.17) is 4.74 Å². The number of carbonyl (C=O) groups is 1. The van der Waals surface area contributed by atoms with Crippen LogP contribution in [0, 0.1) is 11.3 Å². The molecule has 1 aromatic rings. The summed E-state index contributed by atoms with van der Waals surface area (Å²) < 4.78 is 5.14. The summed E-state index contributed by atoms with van der Waals surface area (Å²) >= 11 is 0. The van der Waals surface area contributed by atoms with E-state index in [-0.39, 0.29) is 0 Å². The topological polar surface area (TPSA) is 46.5 Å². The second-order valence-corrected chi connectivity index (χ2v) is 5.96. The number of carboxylic acids is 1. The lowest BCUT2D eigenvalue weighted by molar-refractivity contribution is -0.151. The van der Waals surface area contributed by atoms with Gasteiger partial charge in [0.05, 0.1) is 12.5 Å². The Morgan fingerprint density at radius 1 is 1.30 bits per heavy atom. The van der Waals surface area contributed by atoms with Crippen molar-refractivity contribution in [3.8, 4) is 5.75 Å².